The first-order valence-electron chi connectivity index (χ1n) is 8.60. The van der Waals surface area contributed by atoms with Gasteiger partial charge in [-0.2, -0.15) is 0 Å². The summed E-state index contributed by atoms with van der Waals surface area (Å²) in [6, 6.07) is 0. The third-order valence-electron chi connectivity index (χ3n) is 5.72. The van der Waals surface area contributed by atoms with E-state index in [2.05, 4.69) is 27.7 Å². The van der Waals surface area contributed by atoms with Crippen molar-refractivity contribution in [2.45, 2.75) is 90.9 Å². The van der Waals surface area contributed by atoms with E-state index in [1.165, 1.54) is 0 Å². The first-order valence-corrected chi connectivity index (χ1v) is 8.60. The summed E-state index contributed by atoms with van der Waals surface area (Å²) in [5, 5.41) is 20.4. The van der Waals surface area contributed by atoms with Crippen molar-refractivity contribution >= 4 is 0 Å². The SMILES string of the molecule is CCC1O[C@@H](C)C(C)[C@@H](C)[C@H]1O[C@H]1O[C@@H](C)[C@@H](O)C(C)C1O.[Ac]. The Morgan fingerprint density at radius 2 is 1.43 bits per heavy atom. The molecule has 2 aliphatic rings. The van der Waals surface area contributed by atoms with Crippen LogP contribution in [0.25, 0.3) is 0 Å². The van der Waals surface area contributed by atoms with Crippen LogP contribution in [0.2, 0.25) is 0 Å². The molecule has 0 aromatic rings. The van der Waals surface area contributed by atoms with E-state index in [4.69, 9.17) is 14.2 Å². The first kappa shape index (κ1) is 22.3. The zero-order chi connectivity index (χ0) is 16.6. The number of rotatable bonds is 3. The fourth-order valence-corrected chi connectivity index (χ4v) is 3.60. The minimum atomic E-state index is -0.828. The van der Waals surface area contributed by atoms with Gasteiger partial charge >= 0.3 is 0 Å². The zero-order valence-electron chi connectivity index (χ0n) is 15.2. The third-order valence-corrected chi connectivity index (χ3v) is 5.72. The van der Waals surface area contributed by atoms with Gasteiger partial charge in [0.2, 0.25) is 0 Å². The van der Waals surface area contributed by atoms with Gasteiger partial charge < -0.3 is 24.4 Å². The van der Waals surface area contributed by atoms with Gasteiger partial charge in [-0.3, -0.25) is 0 Å². The summed E-state index contributed by atoms with van der Waals surface area (Å²) in [5.41, 5.74) is 0. The van der Waals surface area contributed by atoms with E-state index in [0.717, 1.165) is 6.42 Å². The van der Waals surface area contributed by atoms with E-state index >= 15 is 0 Å². The second-order valence-corrected chi connectivity index (χ2v) is 7.16. The molecule has 2 heterocycles. The van der Waals surface area contributed by atoms with Crippen LogP contribution >= 0.6 is 0 Å². The predicted molar refractivity (Wildman–Crippen MR) is 83.3 cm³/mol. The molecule has 10 atom stereocenters. The van der Waals surface area contributed by atoms with E-state index in [1.54, 1.807) is 0 Å². The Labute approximate surface area is 176 Å². The first-order chi connectivity index (χ1) is 10.3. The minimum Gasteiger partial charge on any atom is -0.390 e. The molecule has 2 saturated heterocycles. The van der Waals surface area contributed by atoms with Crippen molar-refractivity contribution in [1.82, 2.24) is 0 Å². The second-order valence-electron chi connectivity index (χ2n) is 7.16. The standard InChI is InChI=1S/C17H32O5.Ac/c1-7-13-16(9(3)8(2)11(5)20-13)22-17-15(19)10(4)14(18)12(6)21-17;/h8-19H,7H2,1-6H3;/t8?,9-,10?,11+,12+,13?,14+,15?,16-,17-;/m1./s1. The van der Waals surface area contributed by atoms with Gasteiger partial charge in [-0.15, -0.1) is 0 Å². The molecule has 0 aliphatic carbocycles. The van der Waals surface area contributed by atoms with Gasteiger partial charge in [-0.25, -0.2) is 0 Å². The summed E-state index contributed by atoms with van der Waals surface area (Å²) < 4.78 is 17.9. The van der Waals surface area contributed by atoms with E-state index in [1.807, 2.05) is 13.8 Å². The van der Waals surface area contributed by atoms with E-state index in [9.17, 15) is 10.2 Å². The molecule has 2 rings (SSSR count). The molecule has 2 N–H and O–H groups in total. The summed E-state index contributed by atoms with van der Waals surface area (Å²) in [7, 11) is 0. The van der Waals surface area contributed by atoms with Crippen molar-refractivity contribution in [2.75, 3.05) is 0 Å². The molecule has 0 spiro atoms. The Morgan fingerprint density at radius 1 is 0.826 bits per heavy atom. The molecule has 0 aromatic carbocycles. The van der Waals surface area contributed by atoms with Crippen molar-refractivity contribution in [3.63, 3.8) is 0 Å². The molecular formula is C17H32AcO5. The van der Waals surface area contributed by atoms with Gasteiger partial charge in [0.25, 0.3) is 0 Å². The Morgan fingerprint density at radius 3 is 2.00 bits per heavy atom. The average molecular weight is 543 g/mol. The minimum absolute atomic E-state index is 0. The van der Waals surface area contributed by atoms with Crippen LogP contribution in [-0.4, -0.2) is 53.1 Å². The van der Waals surface area contributed by atoms with Gasteiger partial charge in [-0.1, -0.05) is 27.7 Å². The van der Waals surface area contributed by atoms with Crippen LogP contribution in [0.5, 0.6) is 0 Å². The number of aliphatic hydroxyl groups excluding tert-OH is 2. The van der Waals surface area contributed by atoms with Crippen LogP contribution < -0.4 is 0 Å². The Balaban J connectivity index is 0.00000264. The molecule has 0 bridgehead atoms. The molecule has 0 saturated carbocycles. The van der Waals surface area contributed by atoms with Gasteiger partial charge in [-0.05, 0) is 32.1 Å². The van der Waals surface area contributed by atoms with E-state index in [0.29, 0.717) is 11.8 Å². The maximum atomic E-state index is 10.4. The summed E-state index contributed by atoms with van der Waals surface area (Å²) in [4.78, 5) is 0. The zero-order valence-corrected chi connectivity index (χ0v) is 19.9. The van der Waals surface area contributed by atoms with Crippen molar-refractivity contribution in [1.29, 1.82) is 0 Å². The molecule has 0 amide bonds. The third kappa shape index (κ3) is 4.70. The Kier molecular flexibility index (Phi) is 8.97. The molecular weight excluding hydrogens is 511 g/mol. The van der Waals surface area contributed by atoms with Crippen LogP contribution in [-0.2, 0) is 14.2 Å². The summed E-state index contributed by atoms with van der Waals surface area (Å²) >= 11 is 0. The molecule has 23 heavy (non-hydrogen) atoms. The fraction of sp³-hybridized carbons (Fsp3) is 1.00. The maximum Gasteiger partial charge on any atom is 0.184 e. The van der Waals surface area contributed by atoms with Crippen LogP contribution in [0.4, 0.5) is 0 Å². The van der Waals surface area contributed by atoms with Gasteiger partial charge in [0.15, 0.2) is 6.29 Å². The molecule has 0 aromatic heterocycles. The molecule has 5 nitrogen and oxygen atoms in total. The number of hydrogen-bond donors (Lipinski definition) is 2. The second kappa shape index (κ2) is 9.26. The topological polar surface area (TPSA) is 68.2 Å². The monoisotopic (exact) mass is 543 g/mol. The predicted octanol–water partition coefficient (Wildman–Crippen LogP) is 1.94. The number of aliphatic hydroxyl groups is 2. The maximum absolute atomic E-state index is 10.4. The molecule has 4 unspecified atom stereocenters. The Hall–Kier alpha value is 1.24. The van der Waals surface area contributed by atoms with E-state index in [-0.39, 0.29) is 74.4 Å². The quantitative estimate of drug-likeness (QED) is 0.570. The van der Waals surface area contributed by atoms with Crippen LogP contribution in [0.1, 0.15) is 48.0 Å². The van der Waals surface area contributed by atoms with Crippen molar-refractivity contribution in [3.05, 3.63) is 0 Å². The Bertz CT molecular complexity index is 367. The van der Waals surface area contributed by atoms with E-state index < -0.39 is 18.5 Å². The summed E-state index contributed by atoms with van der Waals surface area (Å²) in [5.74, 6) is 0.431. The molecule has 1 radical (unpaired) electrons. The number of ether oxygens (including phenoxy) is 3. The normalized spacial score (nSPS) is 51.1. The van der Waals surface area contributed by atoms with Crippen molar-refractivity contribution in [3.8, 4) is 0 Å². The fourth-order valence-electron chi connectivity index (χ4n) is 3.60. The molecule has 2 aliphatic heterocycles. The van der Waals surface area contributed by atoms with Crippen molar-refractivity contribution in [2.24, 2.45) is 17.8 Å². The molecule has 2 fully saturated rings. The largest absolute Gasteiger partial charge is 0.390 e. The van der Waals surface area contributed by atoms with Crippen LogP contribution in [0.15, 0.2) is 0 Å². The molecule has 133 valence electrons. The number of hydrogen-bond acceptors (Lipinski definition) is 5. The summed E-state index contributed by atoms with van der Waals surface area (Å²) in [6.45, 7) is 12.2. The van der Waals surface area contributed by atoms with Crippen LogP contribution in [0, 0.1) is 61.8 Å². The van der Waals surface area contributed by atoms with Gasteiger partial charge in [0.1, 0.15) is 6.10 Å². The average Bonchev–Trinajstić information content (AvgIpc) is 2.50. The van der Waals surface area contributed by atoms with Crippen LogP contribution in [0.3, 0.4) is 0 Å². The van der Waals surface area contributed by atoms with Crippen molar-refractivity contribution < 1.29 is 68.5 Å². The van der Waals surface area contributed by atoms with Gasteiger partial charge in [0.05, 0.1) is 30.5 Å². The molecule has 6 heteroatoms. The smallest absolute Gasteiger partial charge is 0.184 e. The summed E-state index contributed by atoms with van der Waals surface area (Å²) in [6.07, 6.45) is -1.58. The van der Waals surface area contributed by atoms with Gasteiger partial charge in [0, 0.05) is 50.0 Å².